The second-order valence-corrected chi connectivity index (χ2v) is 8.54. The fourth-order valence-electron chi connectivity index (χ4n) is 2.76. The number of fused-ring (bicyclic) bond motifs is 2. The van der Waals surface area contributed by atoms with Crippen LogP contribution in [-0.2, 0) is 0 Å². The quantitative estimate of drug-likeness (QED) is 0.563. The summed E-state index contributed by atoms with van der Waals surface area (Å²) in [4.78, 5) is 2.65. The van der Waals surface area contributed by atoms with Crippen LogP contribution < -0.4 is 18.6 Å². The molecule has 0 fully saturated rings. The molecular weight excluding hydrogens is 404 g/mol. The van der Waals surface area contributed by atoms with Crippen LogP contribution in [0.15, 0.2) is 75.9 Å². The van der Waals surface area contributed by atoms with Gasteiger partial charge < -0.3 is 0 Å². The molecule has 0 amide bonds. The Bertz CT molecular complexity index is 1010. The SMILES string of the molecule is CC1=C/C(=C\c2cc[s+]c3ccccc23)Sc2ccccc21.[O-][Cl+3]([O-])([O-])[O-]. The molecule has 0 saturated carbocycles. The van der Waals surface area contributed by atoms with Gasteiger partial charge in [0.15, 0.2) is 5.38 Å². The van der Waals surface area contributed by atoms with E-state index in [2.05, 4.69) is 79.1 Å². The maximum Gasteiger partial charge on any atom is 0.238 e. The first-order valence-corrected chi connectivity index (χ1v) is 10.8. The van der Waals surface area contributed by atoms with E-state index in [9.17, 15) is 0 Å². The van der Waals surface area contributed by atoms with E-state index in [0.717, 1.165) is 0 Å². The molecule has 4 rings (SSSR count). The van der Waals surface area contributed by atoms with Crippen molar-refractivity contribution >= 4 is 44.8 Å². The van der Waals surface area contributed by atoms with Crippen molar-refractivity contribution in [2.24, 2.45) is 0 Å². The zero-order valence-corrected chi connectivity index (χ0v) is 16.6. The summed E-state index contributed by atoms with van der Waals surface area (Å²) in [6.45, 7) is 2.19. The highest BCUT2D eigenvalue weighted by atomic mass is 35.7. The van der Waals surface area contributed by atoms with Gasteiger partial charge in [-0.15, -0.1) is 10.2 Å². The molecule has 7 heteroatoms. The molecular formula is C20H15ClO4S2. The van der Waals surface area contributed by atoms with Gasteiger partial charge in [-0.25, -0.2) is 18.6 Å². The maximum atomic E-state index is 8.49. The van der Waals surface area contributed by atoms with E-state index >= 15 is 0 Å². The summed E-state index contributed by atoms with van der Waals surface area (Å²) in [5.74, 6) is 0. The van der Waals surface area contributed by atoms with Gasteiger partial charge in [0.2, 0.25) is 16.0 Å². The number of hydrogen-bond acceptors (Lipinski definition) is 5. The van der Waals surface area contributed by atoms with Crippen molar-refractivity contribution in [2.75, 3.05) is 0 Å². The Hall–Kier alpha value is -1.77. The van der Waals surface area contributed by atoms with E-state index in [1.807, 2.05) is 11.8 Å². The van der Waals surface area contributed by atoms with Gasteiger partial charge >= 0.3 is 0 Å². The highest BCUT2D eigenvalue weighted by Crippen LogP contribution is 2.41. The molecule has 4 nitrogen and oxygen atoms in total. The summed E-state index contributed by atoms with van der Waals surface area (Å²) >= 11 is 3.64. The van der Waals surface area contributed by atoms with Crippen LogP contribution in [0.25, 0.3) is 21.7 Å². The van der Waals surface area contributed by atoms with Crippen molar-refractivity contribution in [2.45, 2.75) is 11.8 Å². The van der Waals surface area contributed by atoms with Gasteiger partial charge in [0.05, 0.1) is 0 Å². The van der Waals surface area contributed by atoms with Crippen molar-refractivity contribution in [3.05, 3.63) is 82.1 Å². The van der Waals surface area contributed by atoms with E-state index in [1.165, 1.54) is 36.6 Å². The first kappa shape index (κ1) is 20.0. The normalized spacial score (nSPS) is 15.0. The third-order valence-electron chi connectivity index (χ3n) is 3.84. The second-order valence-electron chi connectivity index (χ2n) is 5.72. The molecule has 0 atom stereocenters. The molecule has 0 radical (unpaired) electrons. The molecule has 0 saturated heterocycles. The molecule has 0 bridgehead atoms. The Morgan fingerprint density at radius 1 is 0.926 bits per heavy atom. The van der Waals surface area contributed by atoms with E-state index in [0.29, 0.717) is 0 Å². The van der Waals surface area contributed by atoms with Crippen LogP contribution in [0.2, 0.25) is 0 Å². The topological polar surface area (TPSA) is 92.2 Å². The highest BCUT2D eigenvalue weighted by molar-refractivity contribution is 8.03. The monoisotopic (exact) mass is 418 g/mol. The van der Waals surface area contributed by atoms with Crippen LogP contribution in [-0.4, -0.2) is 0 Å². The summed E-state index contributed by atoms with van der Waals surface area (Å²) in [5, 5.41) is 3.50. The number of thioether (sulfide) groups is 1. The largest absolute Gasteiger partial charge is 0.238 e. The Labute approximate surface area is 167 Å². The van der Waals surface area contributed by atoms with Crippen LogP contribution in [0.3, 0.4) is 0 Å². The molecule has 1 aliphatic rings. The number of benzene rings is 2. The van der Waals surface area contributed by atoms with Crippen LogP contribution in [0.4, 0.5) is 0 Å². The van der Waals surface area contributed by atoms with Crippen LogP contribution >= 0.6 is 23.1 Å². The van der Waals surface area contributed by atoms with Gasteiger partial charge in [-0.3, -0.25) is 0 Å². The fourth-order valence-corrected chi connectivity index (χ4v) is 4.75. The van der Waals surface area contributed by atoms with Gasteiger partial charge in [-0.1, -0.05) is 42.1 Å². The van der Waals surface area contributed by atoms with Crippen molar-refractivity contribution < 1.29 is 28.9 Å². The summed E-state index contributed by atoms with van der Waals surface area (Å²) in [7, 11) is -4.94. The smallest absolute Gasteiger partial charge is 0.222 e. The van der Waals surface area contributed by atoms with Crippen molar-refractivity contribution in [3.8, 4) is 0 Å². The maximum absolute atomic E-state index is 8.49. The van der Waals surface area contributed by atoms with E-state index in [-0.39, 0.29) is 0 Å². The van der Waals surface area contributed by atoms with Crippen LogP contribution in [0.5, 0.6) is 0 Å². The number of rotatable bonds is 1. The minimum Gasteiger partial charge on any atom is -0.222 e. The van der Waals surface area contributed by atoms with Crippen LogP contribution in [0, 0.1) is 10.2 Å². The van der Waals surface area contributed by atoms with Gasteiger partial charge in [0.25, 0.3) is 0 Å². The average molecular weight is 419 g/mol. The predicted octanol–water partition coefficient (Wildman–Crippen LogP) is 1.98. The molecule has 2 aromatic carbocycles. The number of halogens is 1. The Morgan fingerprint density at radius 3 is 2.37 bits per heavy atom. The standard InChI is InChI=1S/C20H15S2.ClHO4/c1-14-12-16(22-20-9-5-2-6-17(14)20)13-15-10-11-21-19-8-4-3-7-18(15)19;2-1(3,4)5/h2-13H,1H3;(H,2,3,4,5)/q+1;/p-1. The van der Waals surface area contributed by atoms with Crippen molar-refractivity contribution in [3.63, 3.8) is 0 Å². The zero-order chi connectivity index (χ0) is 19.4. The lowest BCUT2D eigenvalue weighted by atomic mass is 10.1. The van der Waals surface area contributed by atoms with Gasteiger partial charge in [-0.2, -0.15) is 0 Å². The minimum absolute atomic E-state index is 1.29. The van der Waals surface area contributed by atoms with E-state index in [4.69, 9.17) is 18.6 Å². The zero-order valence-electron chi connectivity index (χ0n) is 14.3. The molecule has 0 unspecified atom stereocenters. The molecule has 3 aromatic rings. The Kier molecular flexibility index (Phi) is 6.29. The lowest BCUT2D eigenvalue weighted by Gasteiger charge is -2.17. The first-order valence-electron chi connectivity index (χ1n) is 7.90. The van der Waals surface area contributed by atoms with Gasteiger partial charge in [0.1, 0.15) is 0 Å². The van der Waals surface area contributed by atoms with Gasteiger partial charge in [0, 0.05) is 27.3 Å². The van der Waals surface area contributed by atoms with E-state index in [1.54, 1.807) is 11.3 Å². The van der Waals surface area contributed by atoms with Crippen molar-refractivity contribution in [1.82, 2.24) is 0 Å². The predicted molar refractivity (Wildman–Crippen MR) is 100 cm³/mol. The Morgan fingerprint density at radius 2 is 1.59 bits per heavy atom. The van der Waals surface area contributed by atoms with Gasteiger partial charge in [-0.05, 0) is 47.9 Å². The lowest BCUT2D eigenvalue weighted by molar-refractivity contribution is -2.00. The third-order valence-corrected chi connectivity index (χ3v) is 5.77. The van der Waals surface area contributed by atoms with Crippen molar-refractivity contribution in [1.29, 1.82) is 0 Å². The fraction of sp³-hybridized carbons (Fsp3) is 0.0500. The number of allylic oxidation sites excluding steroid dienone is 2. The molecule has 0 spiro atoms. The molecule has 2 heterocycles. The first-order chi connectivity index (χ1) is 12.8. The minimum atomic E-state index is -4.94. The number of hydrogen-bond donors (Lipinski definition) is 0. The molecule has 1 aliphatic heterocycles. The summed E-state index contributed by atoms with van der Waals surface area (Å²) in [6, 6.07) is 19.4. The average Bonchev–Trinajstić information content (AvgIpc) is 2.61. The summed E-state index contributed by atoms with van der Waals surface area (Å²) < 4.78 is 35.3. The lowest BCUT2D eigenvalue weighted by Crippen LogP contribution is -2.68. The highest BCUT2D eigenvalue weighted by Gasteiger charge is 2.14. The molecule has 0 N–H and O–H groups in total. The van der Waals surface area contributed by atoms with Crippen LogP contribution in [0.1, 0.15) is 18.1 Å². The summed E-state index contributed by atoms with van der Waals surface area (Å²) in [6.07, 6.45) is 4.59. The Balaban J connectivity index is 0.000000376. The molecule has 0 aliphatic carbocycles. The van der Waals surface area contributed by atoms with E-state index < -0.39 is 10.2 Å². The molecule has 138 valence electrons. The molecule has 1 aromatic heterocycles. The summed E-state index contributed by atoms with van der Waals surface area (Å²) in [5.41, 5.74) is 3.98. The second kappa shape index (κ2) is 8.50. The third kappa shape index (κ3) is 5.60. The molecule has 27 heavy (non-hydrogen) atoms.